The molecule has 1 aromatic rings. The van der Waals surface area contributed by atoms with E-state index in [2.05, 4.69) is 41.7 Å². The molecule has 0 aromatic carbocycles. The first-order valence-corrected chi connectivity index (χ1v) is 8.54. The summed E-state index contributed by atoms with van der Waals surface area (Å²) in [6.45, 7) is 6.36. The first kappa shape index (κ1) is 18.7. The van der Waals surface area contributed by atoms with Gasteiger partial charge in [-0.05, 0) is 48.5 Å². The number of thiophene rings is 1. The van der Waals surface area contributed by atoms with E-state index in [1.807, 2.05) is 0 Å². The molecule has 2 rings (SSSR count). The molecule has 0 bridgehead atoms. The third kappa shape index (κ3) is 6.14. The van der Waals surface area contributed by atoms with Gasteiger partial charge in [0, 0.05) is 18.0 Å². The number of rotatable bonds is 7. The summed E-state index contributed by atoms with van der Waals surface area (Å²) in [6.07, 6.45) is 6.28. The molecular formula is C16H28IN3S. The highest BCUT2D eigenvalue weighted by Gasteiger charge is 2.37. The van der Waals surface area contributed by atoms with Crippen LogP contribution in [0.25, 0.3) is 0 Å². The van der Waals surface area contributed by atoms with Crippen LogP contribution < -0.4 is 11.1 Å². The van der Waals surface area contributed by atoms with Crippen LogP contribution in [0.3, 0.4) is 0 Å². The Balaban J connectivity index is 0.00000220. The van der Waals surface area contributed by atoms with Crippen LogP contribution in [0.2, 0.25) is 0 Å². The lowest BCUT2D eigenvalue weighted by atomic mass is 9.64. The molecule has 1 aliphatic rings. The maximum absolute atomic E-state index is 5.97. The summed E-state index contributed by atoms with van der Waals surface area (Å²) in [5.41, 5.74) is 6.41. The van der Waals surface area contributed by atoms with E-state index in [0.717, 1.165) is 25.4 Å². The second-order valence-corrected chi connectivity index (χ2v) is 7.44. The van der Waals surface area contributed by atoms with Gasteiger partial charge in [-0.1, -0.05) is 26.3 Å². The molecule has 1 aliphatic carbocycles. The van der Waals surface area contributed by atoms with E-state index in [9.17, 15) is 0 Å². The number of nitrogens with one attached hydrogen (secondary N) is 1. The van der Waals surface area contributed by atoms with Gasteiger partial charge in [0.1, 0.15) is 0 Å². The Morgan fingerprint density at radius 3 is 2.76 bits per heavy atom. The van der Waals surface area contributed by atoms with Crippen molar-refractivity contribution in [2.24, 2.45) is 22.1 Å². The van der Waals surface area contributed by atoms with E-state index >= 15 is 0 Å². The zero-order valence-corrected chi connectivity index (χ0v) is 16.2. The molecule has 1 heterocycles. The highest BCUT2D eigenvalue weighted by molar-refractivity contribution is 14.0. The maximum atomic E-state index is 5.97. The van der Waals surface area contributed by atoms with Crippen LogP contribution in [0.4, 0.5) is 0 Å². The van der Waals surface area contributed by atoms with Crippen LogP contribution >= 0.6 is 35.3 Å². The first-order chi connectivity index (χ1) is 9.60. The van der Waals surface area contributed by atoms with Gasteiger partial charge < -0.3 is 11.1 Å². The highest BCUT2D eigenvalue weighted by Crippen LogP contribution is 2.46. The van der Waals surface area contributed by atoms with Crippen molar-refractivity contribution < 1.29 is 0 Å². The van der Waals surface area contributed by atoms with Crippen LogP contribution in [-0.2, 0) is 6.42 Å². The van der Waals surface area contributed by atoms with Crippen molar-refractivity contribution >= 4 is 41.3 Å². The molecule has 3 N–H and O–H groups in total. The fourth-order valence-corrected chi connectivity index (χ4v) is 3.76. The average molecular weight is 421 g/mol. The lowest BCUT2D eigenvalue weighted by Crippen LogP contribution is -2.38. The Labute approximate surface area is 149 Å². The largest absolute Gasteiger partial charge is 0.370 e. The number of hydrogen-bond acceptors (Lipinski definition) is 2. The second kappa shape index (κ2) is 8.98. The van der Waals surface area contributed by atoms with Crippen molar-refractivity contribution in [1.82, 2.24) is 5.32 Å². The third-order valence-corrected chi connectivity index (χ3v) is 5.03. The summed E-state index contributed by atoms with van der Waals surface area (Å²) in [5.74, 6) is 1.36. The van der Waals surface area contributed by atoms with Crippen molar-refractivity contribution in [3.05, 3.63) is 22.4 Å². The van der Waals surface area contributed by atoms with E-state index in [1.54, 1.807) is 11.3 Å². The van der Waals surface area contributed by atoms with Crippen LogP contribution in [-0.4, -0.2) is 19.0 Å². The number of nitrogens with zero attached hydrogens (tertiary/aromatic N) is 1. The molecule has 0 spiro atoms. The van der Waals surface area contributed by atoms with Crippen molar-refractivity contribution in [3.8, 4) is 0 Å². The molecule has 21 heavy (non-hydrogen) atoms. The number of halogens is 1. The van der Waals surface area contributed by atoms with Crippen LogP contribution in [0.1, 0.15) is 44.4 Å². The zero-order chi connectivity index (χ0) is 14.4. The Hall–Kier alpha value is -0.300. The highest BCUT2D eigenvalue weighted by atomic mass is 127. The molecular weight excluding hydrogens is 393 g/mol. The van der Waals surface area contributed by atoms with Crippen LogP contribution in [0.5, 0.6) is 0 Å². The fourth-order valence-electron chi connectivity index (χ4n) is 3.05. The smallest absolute Gasteiger partial charge is 0.188 e. The summed E-state index contributed by atoms with van der Waals surface area (Å²) in [7, 11) is 0. The zero-order valence-electron chi connectivity index (χ0n) is 13.1. The maximum Gasteiger partial charge on any atom is 0.188 e. The second-order valence-electron chi connectivity index (χ2n) is 6.41. The van der Waals surface area contributed by atoms with Crippen molar-refractivity contribution in [3.63, 3.8) is 0 Å². The van der Waals surface area contributed by atoms with Gasteiger partial charge in [0.15, 0.2) is 5.96 Å². The molecule has 3 nitrogen and oxygen atoms in total. The van der Waals surface area contributed by atoms with Crippen LogP contribution in [0.15, 0.2) is 22.5 Å². The third-order valence-electron chi connectivity index (χ3n) is 4.10. The molecule has 1 saturated carbocycles. The molecule has 0 saturated heterocycles. The summed E-state index contributed by atoms with van der Waals surface area (Å²) >= 11 is 1.79. The van der Waals surface area contributed by atoms with E-state index in [4.69, 9.17) is 5.73 Å². The minimum Gasteiger partial charge on any atom is -0.370 e. The summed E-state index contributed by atoms with van der Waals surface area (Å²) < 4.78 is 0. The average Bonchev–Trinajstić information content (AvgIpc) is 2.85. The van der Waals surface area contributed by atoms with E-state index in [0.29, 0.717) is 11.4 Å². The van der Waals surface area contributed by atoms with Crippen molar-refractivity contribution in [1.29, 1.82) is 0 Å². The summed E-state index contributed by atoms with van der Waals surface area (Å²) in [6, 6.07) is 4.25. The standard InChI is InChI=1S/C16H27N3S.HI/c1-13(2)11-16(7-4-8-16)12-19-15(17)18-9-6-14-5-3-10-20-14;/h3,5,10,13H,4,6-9,11-12H2,1-2H3,(H3,17,18,19);1H. The van der Waals surface area contributed by atoms with Gasteiger partial charge >= 0.3 is 0 Å². The SMILES string of the molecule is CC(C)CC1(CN=C(N)NCCc2cccs2)CCC1.I. The molecule has 0 unspecified atom stereocenters. The molecule has 1 aromatic heterocycles. The molecule has 0 atom stereocenters. The van der Waals surface area contributed by atoms with E-state index < -0.39 is 0 Å². The van der Waals surface area contributed by atoms with Crippen LogP contribution in [0, 0.1) is 11.3 Å². The van der Waals surface area contributed by atoms with Crippen molar-refractivity contribution in [2.75, 3.05) is 13.1 Å². The summed E-state index contributed by atoms with van der Waals surface area (Å²) in [5, 5.41) is 5.34. The first-order valence-electron chi connectivity index (χ1n) is 7.66. The Bertz CT molecular complexity index is 425. The van der Waals surface area contributed by atoms with Crippen molar-refractivity contribution in [2.45, 2.75) is 46.0 Å². The molecule has 0 aliphatic heterocycles. The minimum atomic E-state index is 0. The van der Waals surface area contributed by atoms with E-state index in [1.165, 1.54) is 30.6 Å². The van der Waals surface area contributed by atoms with Gasteiger partial charge in [0.25, 0.3) is 0 Å². The predicted octanol–water partition coefficient (Wildman–Crippen LogP) is 4.03. The molecule has 5 heteroatoms. The van der Waals surface area contributed by atoms with E-state index in [-0.39, 0.29) is 24.0 Å². The topological polar surface area (TPSA) is 50.4 Å². The Morgan fingerprint density at radius 1 is 1.48 bits per heavy atom. The molecule has 120 valence electrons. The summed E-state index contributed by atoms with van der Waals surface area (Å²) in [4.78, 5) is 5.97. The normalized spacial score (nSPS) is 17.2. The Morgan fingerprint density at radius 2 is 2.24 bits per heavy atom. The van der Waals surface area contributed by atoms with Gasteiger partial charge in [-0.2, -0.15) is 0 Å². The molecule has 0 radical (unpaired) electrons. The minimum absolute atomic E-state index is 0. The number of hydrogen-bond donors (Lipinski definition) is 2. The Kier molecular flexibility index (Phi) is 8.02. The monoisotopic (exact) mass is 421 g/mol. The lowest BCUT2D eigenvalue weighted by Gasteiger charge is -2.42. The lowest BCUT2D eigenvalue weighted by molar-refractivity contribution is 0.111. The van der Waals surface area contributed by atoms with Gasteiger partial charge in [-0.25, -0.2) is 0 Å². The molecule has 0 amide bonds. The number of nitrogens with two attached hydrogens (primary N) is 1. The van der Waals surface area contributed by atoms with Gasteiger partial charge in [-0.15, -0.1) is 35.3 Å². The molecule has 1 fully saturated rings. The van der Waals surface area contributed by atoms with Gasteiger partial charge in [-0.3, -0.25) is 4.99 Å². The van der Waals surface area contributed by atoms with Gasteiger partial charge in [0.05, 0.1) is 0 Å². The fraction of sp³-hybridized carbons (Fsp3) is 0.688. The quantitative estimate of drug-likeness (QED) is 0.397. The number of guanidine groups is 1. The van der Waals surface area contributed by atoms with Gasteiger partial charge in [0.2, 0.25) is 0 Å². The predicted molar refractivity (Wildman–Crippen MR) is 104 cm³/mol. The number of aliphatic imine (C=N–C) groups is 1.